The van der Waals surface area contributed by atoms with E-state index >= 15 is 0 Å². The molecule has 1 aromatic carbocycles. The lowest BCUT2D eigenvalue weighted by Gasteiger charge is -2.09. The second kappa shape index (κ2) is 6.78. The molecule has 1 aromatic heterocycles. The van der Waals surface area contributed by atoms with Gasteiger partial charge in [0.15, 0.2) is 11.6 Å². The Morgan fingerprint density at radius 3 is 2.57 bits per heavy atom. The van der Waals surface area contributed by atoms with Crippen LogP contribution in [0.2, 0.25) is 0 Å². The Hall–Kier alpha value is -2.50. The predicted octanol–water partition coefficient (Wildman–Crippen LogP) is 2.89. The minimum Gasteiger partial charge on any atom is -0.368 e. The molecule has 6 nitrogen and oxygen atoms in total. The number of anilines is 3. The number of nitrogens with zero attached hydrogens (tertiary/aromatic N) is 3. The molecule has 0 spiro atoms. The first-order chi connectivity index (χ1) is 10.0. The number of benzene rings is 1. The molecule has 0 saturated carbocycles. The van der Waals surface area contributed by atoms with Crippen LogP contribution in [0.1, 0.15) is 31.1 Å². The standard InChI is InChI=1S/C15H19N5O/c1-10(2)8-16-14-9-17-20-15(19-14)18-13-6-4-12(5-7-13)11(3)21/h4-7,9-10H,8H2,1-3H3,(H2,16,18,19,20). The molecule has 0 saturated heterocycles. The van der Waals surface area contributed by atoms with Gasteiger partial charge in [-0.1, -0.05) is 13.8 Å². The number of aromatic nitrogens is 3. The Balaban J connectivity index is 2.05. The van der Waals surface area contributed by atoms with Gasteiger partial charge in [0.1, 0.15) is 0 Å². The van der Waals surface area contributed by atoms with E-state index in [2.05, 4.69) is 39.7 Å². The van der Waals surface area contributed by atoms with Crippen molar-refractivity contribution in [1.29, 1.82) is 0 Å². The summed E-state index contributed by atoms with van der Waals surface area (Å²) in [4.78, 5) is 15.6. The lowest BCUT2D eigenvalue weighted by atomic mass is 10.1. The summed E-state index contributed by atoms with van der Waals surface area (Å²) in [6.45, 7) is 6.61. The Kier molecular flexibility index (Phi) is 4.81. The fraction of sp³-hybridized carbons (Fsp3) is 0.333. The van der Waals surface area contributed by atoms with E-state index in [1.54, 1.807) is 25.3 Å². The number of nitrogens with one attached hydrogen (secondary N) is 2. The van der Waals surface area contributed by atoms with Gasteiger partial charge in [-0.2, -0.15) is 10.1 Å². The van der Waals surface area contributed by atoms with Crippen LogP contribution in [0.25, 0.3) is 0 Å². The topological polar surface area (TPSA) is 79.8 Å². The summed E-state index contributed by atoms with van der Waals surface area (Å²) in [6, 6.07) is 7.15. The maximum Gasteiger partial charge on any atom is 0.249 e. The van der Waals surface area contributed by atoms with Gasteiger partial charge in [-0.25, -0.2) is 0 Å². The van der Waals surface area contributed by atoms with Crippen molar-refractivity contribution in [3.63, 3.8) is 0 Å². The van der Waals surface area contributed by atoms with Crippen molar-refractivity contribution in [2.24, 2.45) is 5.92 Å². The number of rotatable bonds is 6. The van der Waals surface area contributed by atoms with Crippen molar-refractivity contribution >= 4 is 23.2 Å². The van der Waals surface area contributed by atoms with Crippen molar-refractivity contribution in [3.05, 3.63) is 36.0 Å². The van der Waals surface area contributed by atoms with E-state index < -0.39 is 0 Å². The molecule has 0 atom stereocenters. The molecule has 0 bridgehead atoms. The SMILES string of the molecule is CC(=O)c1ccc(Nc2nncc(NCC(C)C)n2)cc1. The monoisotopic (exact) mass is 285 g/mol. The molecule has 0 fully saturated rings. The maximum atomic E-state index is 11.2. The van der Waals surface area contributed by atoms with E-state index in [9.17, 15) is 4.79 Å². The van der Waals surface area contributed by atoms with Gasteiger partial charge < -0.3 is 10.6 Å². The molecule has 0 aliphatic heterocycles. The van der Waals surface area contributed by atoms with Crippen LogP contribution in [0, 0.1) is 5.92 Å². The highest BCUT2D eigenvalue weighted by atomic mass is 16.1. The van der Waals surface area contributed by atoms with Crippen LogP contribution in [0.5, 0.6) is 0 Å². The summed E-state index contributed by atoms with van der Waals surface area (Å²) in [5.41, 5.74) is 1.48. The van der Waals surface area contributed by atoms with Gasteiger partial charge in [0.25, 0.3) is 0 Å². The van der Waals surface area contributed by atoms with Crippen molar-refractivity contribution in [2.45, 2.75) is 20.8 Å². The second-order valence-corrected chi connectivity index (χ2v) is 5.20. The van der Waals surface area contributed by atoms with Crippen molar-refractivity contribution in [2.75, 3.05) is 17.2 Å². The number of hydrogen-bond donors (Lipinski definition) is 2. The molecule has 1 heterocycles. The van der Waals surface area contributed by atoms with E-state index in [1.807, 2.05) is 12.1 Å². The van der Waals surface area contributed by atoms with Crippen molar-refractivity contribution in [1.82, 2.24) is 15.2 Å². The number of hydrogen-bond acceptors (Lipinski definition) is 6. The van der Waals surface area contributed by atoms with Crippen LogP contribution in [0.3, 0.4) is 0 Å². The summed E-state index contributed by atoms with van der Waals surface area (Å²) in [5.74, 6) is 1.66. The van der Waals surface area contributed by atoms with E-state index in [4.69, 9.17) is 0 Å². The third-order valence-corrected chi connectivity index (χ3v) is 2.80. The maximum absolute atomic E-state index is 11.2. The Morgan fingerprint density at radius 1 is 1.24 bits per heavy atom. The van der Waals surface area contributed by atoms with Crippen LogP contribution in [-0.4, -0.2) is 27.5 Å². The molecule has 2 aromatic rings. The fourth-order valence-corrected chi connectivity index (χ4v) is 1.67. The summed E-state index contributed by atoms with van der Waals surface area (Å²) < 4.78 is 0. The predicted molar refractivity (Wildman–Crippen MR) is 82.9 cm³/mol. The Labute approximate surface area is 124 Å². The van der Waals surface area contributed by atoms with Gasteiger partial charge in [-0.3, -0.25) is 4.79 Å². The molecule has 0 aliphatic carbocycles. The minimum absolute atomic E-state index is 0.0411. The molecule has 2 N–H and O–H groups in total. The van der Waals surface area contributed by atoms with Crippen LogP contribution >= 0.6 is 0 Å². The summed E-state index contributed by atoms with van der Waals surface area (Å²) in [6.07, 6.45) is 1.59. The lowest BCUT2D eigenvalue weighted by molar-refractivity contribution is 0.101. The first-order valence-electron chi connectivity index (χ1n) is 6.86. The zero-order valence-electron chi connectivity index (χ0n) is 12.4. The molecule has 0 unspecified atom stereocenters. The minimum atomic E-state index is 0.0411. The number of carbonyl (C=O) groups is 1. The molecule has 0 aliphatic rings. The summed E-state index contributed by atoms with van der Waals surface area (Å²) in [7, 11) is 0. The third-order valence-electron chi connectivity index (χ3n) is 2.80. The largest absolute Gasteiger partial charge is 0.368 e. The Bertz CT molecular complexity index is 610. The van der Waals surface area contributed by atoms with E-state index in [0.717, 1.165) is 12.2 Å². The highest BCUT2D eigenvalue weighted by molar-refractivity contribution is 5.94. The average Bonchev–Trinajstić information content (AvgIpc) is 2.46. The smallest absolute Gasteiger partial charge is 0.249 e. The fourth-order valence-electron chi connectivity index (χ4n) is 1.67. The molecule has 21 heavy (non-hydrogen) atoms. The quantitative estimate of drug-likeness (QED) is 0.794. The van der Waals surface area contributed by atoms with E-state index in [0.29, 0.717) is 23.2 Å². The molecule has 0 radical (unpaired) electrons. The van der Waals surface area contributed by atoms with Gasteiger partial charge in [0.2, 0.25) is 5.95 Å². The summed E-state index contributed by atoms with van der Waals surface area (Å²) in [5, 5.41) is 14.1. The van der Waals surface area contributed by atoms with Gasteiger partial charge in [-0.15, -0.1) is 5.10 Å². The Morgan fingerprint density at radius 2 is 1.95 bits per heavy atom. The number of Topliss-reactive ketones (excluding diaryl/α,β-unsaturated/α-hetero) is 1. The van der Waals surface area contributed by atoms with Crippen molar-refractivity contribution < 1.29 is 4.79 Å². The van der Waals surface area contributed by atoms with Crippen LogP contribution < -0.4 is 10.6 Å². The first-order valence-corrected chi connectivity index (χ1v) is 6.86. The van der Waals surface area contributed by atoms with Gasteiger partial charge in [-0.05, 0) is 37.1 Å². The number of carbonyl (C=O) groups excluding carboxylic acids is 1. The normalized spacial score (nSPS) is 10.5. The summed E-state index contributed by atoms with van der Waals surface area (Å²) >= 11 is 0. The van der Waals surface area contributed by atoms with Crippen LogP contribution in [0.4, 0.5) is 17.5 Å². The van der Waals surface area contributed by atoms with Crippen molar-refractivity contribution in [3.8, 4) is 0 Å². The first kappa shape index (κ1) is 14.9. The van der Waals surface area contributed by atoms with E-state index in [1.165, 1.54) is 0 Å². The third kappa shape index (κ3) is 4.52. The van der Waals surface area contributed by atoms with Gasteiger partial charge >= 0.3 is 0 Å². The van der Waals surface area contributed by atoms with Gasteiger partial charge in [0.05, 0.1) is 6.20 Å². The molecule has 110 valence electrons. The van der Waals surface area contributed by atoms with E-state index in [-0.39, 0.29) is 5.78 Å². The molecule has 6 heteroatoms. The van der Waals surface area contributed by atoms with Crippen LogP contribution in [-0.2, 0) is 0 Å². The molecule has 0 amide bonds. The molecular weight excluding hydrogens is 266 g/mol. The molecular formula is C15H19N5O. The lowest BCUT2D eigenvalue weighted by Crippen LogP contribution is -2.10. The average molecular weight is 285 g/mol. The zero-order chi connectivity index (χ0) is 15.2. The zero-order valence-corrected chi connectivity index (χ0v) is 12.4. The van der Waals surface area contributed by atoms with Crippen LogP contribution in [0.15, 0.2) is 30.5 Å². The molecule has 2 rings (SSSR count). The number of ketones is 1. The highest BCUT2D eigenvalue weighted by Crippen LogP contribution is 2.15. The highest BCUT2D eigenvalue weighted by Gasteiger charge is 2.03. The van der Waals surface area contributed by atoms with Gasteiger partial charge in [0, 0.05) is 17.8 Å². The second-order valence-electron chi connectivity index (χ2n) is 5.20.